The molecule has 0 unspecified atom stereocenters. The van der Waals surface area contributed by atoms with Crippen molar-refractivity contribution in [1.29, 1.82) is 5.41 Å². The summed E-state index contributed by atoms with van der Waals surface area (Å²) in [6.07, 6.45) is 0. The van der Waals surface area contributed by atoms with Crippen LogP contribution in [0.25, 0.3) is 60.6 Å². The van der Waals surface area contributed by atoms with Crippen LogP contribution in [-0.4, -0.2) is 21.2 Å². The molecule has 0 radical (unpaired) electrons. The standard InChI is InChI=1S/C41H29N5/c42-40(29-17-8-3-9-18-29)45-41(43)35-21-12-22-38(44-35)46-36-25-30(27-13-4-1-5-14-27)23-24-33(36)39-32-20-11-10-19-31(32)34(26-37(39)46)28-15-6-2-7-16-28/h1-26H,(H3,42,43,45). The Morgan fingerprint density at radius 2 is 1.22 bits per heavy atom. The van der Waals surface area contributed by atoms with Crippen LogP contribution in [0.5, 0.6) is 0 Å². The van der Waals surface area contributed by atoms with Gasteiger partial charge in [0.25, 0.3) is 0 Å². The van der Waals surface area contributed by atoms with E-state index in [1.807, 2.05) is 60.7 Å². The van der Waals surface area contributed by atoms with Gasteiger partial charge in [0.1, 0.15) is 17.3 Å². The third-order valence-electron chi connectivity index (χ3n) is 8.47. The lowest BCUT2D eigenvalue weighted by molar-refractivity contribution is 1.07. The van der Waals surface area contributed by atoms with Gasteiger partial charge in [-0.05, 0) is 57.3 Å². The second kappa shape index (κ2) is 11.3. The maximum absolute atomic E-state index is 8.82. The SMILES string of the molecule is N=C(N=C(N)c1ccccc1)c1cccc(-n2c3cc(-c4ccccc4)ccc3c3c4ccccc4c(-c4ccccc4)cc32)n1. The molecule has 0 amide bonds. The van der Waals surface area contributed by atoms with Crippen LogP contribution >= 0.6 is 0 Å². The summed E-state index contributed by atoms with van der Waals surface area (Å²) in [6, 6.07) is 53.7. The van der Waals surface area contributed by atoms with Gasteiger partial charge in [0.15, 0.2) is 5.84 Å². The largest absolute Gasteiger partial charge is 0.383 e. The molecule has 0 saturated heterocycles. The van der Waals surface area contributed by atoms with Crippen molar-refractivity contribution in [3.8, 4) is 28.1 Å². The fourth-order valence-electron chi connectivity index (χ4n) is 6.32. The van der Waals surface area contributed by atoms with Crippen LogP contribution in [-0.2, 0) is 0 Å². The number of hydrogen-bond acceptors (Lipinski definition) is 2. The lowest BCUT2D eigenvalue weighted by Gasteiger charge is -2.12. The van der Waals surface area contributed by atoms with E-state index in [-0.39, 0.29) is 11.7 Å². The molecule has 46 heavy (non-hydrogen) atoms. The van der Waals surface area contributed by atoms with E-state index >= 15 is 0 Å². The zero-order valence-electron chi connectivity index (χ0n) is 24.9. The molecule has 5 nitrogen and oxygen atoms in total. The summed E-state index contributed by atoms with van der Waals surface area (Å²) in [6.45, 7) is 0. The highest BCUT2D eigenvalue weighted by Gasteiger charge is 2.19. The molecule has 218 valence electrons. The predicted molar refractivity (Wildman–Crippen MR) is 191 cm³/mol. The Bertz CT molecular complexity index is 2430. The molecule has 0 bridgehead atoms. The van der Waals surface area contributed by atoms with E-state index in [1.54, 1.807) is 0 Å². The van der Waals surface area contributed by atoms with Crippen molar-refractivity contribution < 1.29 is 0 Å². The number of benzene rings is 6. The van der Waals surface area contributed by atoms with Crippen LogP contribution in [0.2, 0.25) is 0 Å². The normalized spacial score (nSPS) is 11.8. The Morgan fingerprint density at radius 3 is 1.96 bits per heavy atom. The third-order valence-corrected chi connectivity index (χ3v) is 8.47. The molecule has 2 aromatic heterocycles. The first-order valence-corrected chi connectivity index (χ1v) is 15.2. The Morgan fingerprint density at radius 1 is 0.565 bits per heavy atom. The number of hydrogen-bond donors (Lipinski definition) is 2. The van der Waals surface area contributed by atoms with E-state index in [4.69, 9.17) is 16.1 Å². The second-order valence-corrected chi connectivity index (χ2v) is 11.3. The number of fused-ring (bicyclic) bond motifs is 5. The highest BCUT2D eigenvalue weighted by molar-refractivity contribution is 6.24. The van der Waals surface area contributed by atoms with E-state index < -0.39 is 0 Å². The summed E-state index contributed by atoms with van der Waals surface area (Å²) < 4.78 is 2.22. The number of aliphatic imine (C=N–C) groups is 1. The monoisotopic (exact) mass is 591 g/mol. The number of nitrogens with two attached hydrogens (primary N) is 1. The van der Waals surface area contributed by atoms with Gasteiger partial charge in [0, 0.05) is 16.3 Å². The number of rotatable bonds is 5. The van der Waals surface area contributed by atoms with Crippen molar-refractivity contribution in [1.82, 2.24) is 9.55 Å². The molecule has 0 atom stereocenters. The van der Waals surface area contributed by atoms with Crippen molar-refractivity contribution in [3.05, 3.63) is 169 Å². The van der Waals surface area contributed by atoms with E-state index in [2.05, 4.69) is 107 Å². The van der Waals surface area contributed by atoms with Gasteiger partial charge in [-0.3, -0.25) is 9.98 Å². The van der Waals surface area contributed by atoms with Crippen LogP contribution in [0.3, 0.4) is 0 Å². The van der Waals surface area contributed by atoms with Crippen LogP contribution in [0.15, 0.2) is 163 Å². The predicted octanol–water partition coefficient (Wildman–Crippen LogP) is 9.40. The molecule has 8 aromatic rings. The Hall–Kier alpha value is -6.33. The maximum Gasteiger partial charge on any atom is 0.172 e. The molecule has 0 aliphatic heterocycles. The van der Waals surface area contributed by atoms with Crippen molar-refractivity contribution in [2.24, 2.45) is 10.7 Å². The maximum atomic E-state index is 8.82. The van der Waals surface area contributed by atoms with Crippen LogP contribution < -0.4 is 5.73 Å². The minimum atomic E-state index is 0.00405. The van der Waals surface area contributed by atoms with Crippen molar-refractivity contribution in [3.63, 3.8) is 0 Å². The fourth-order valence-corrected chi connectivity index (χ4v) is 6.32. The summed E-state index contributed by atoms with van der Waals surface area (Å²) in [4.78, 5) is 9.44. The molecule has 0 fully saturated rings. The first-order chi connectivity index (χ1) is 22.7. The van der Waals surface area contributed by atoms with E-state index in [0.29, 0.717) is 11.5 Å². The zero-order valence-corrected chi connectivity index (χ0v) is 24.9. The molecule has 3 N–H and O–H groups in total. The first-order valence-electron chi connectivity index (χ1n) is 15.2. The molecule has 0 spiro atoms. The molecule has 0 aliphatic carbocycles. The number of nitrogens with one attached hydrogen (secondary N) is 1. The number of amidine groups is 2. The van der Waals surface area contributed by atoms with E-state index in [1.165, 1.54) is 16.2 Å². The highest BCUT2D eigenvalue weighted by atomic mass is 15.1. The molecule has 0 aliphatic rings. The molecular weight excluding hydrogens is 562 g/mol. The van der Waals surface area contributed by atoms with E-state index in [9.17, 15) is 0 Å². The van der Waals surface area contributed by atoms with Gasteiger partial charge in [0.2, 0.25) is 0 Å². The van der Waals surface area contributed by atoms with Gasteiger partial charge in [-0.15, -0.1) is 0 Å². The van der Waals surface area contributed by atoms with Gasteiger partial charge in [-0.25, -0.2) is 9.98 Å². The lowest BCUT2D eigenvalue weighted by Crippen LogP contribution is -2.16. The Kier molecular flexibility index (Phi) is 6.69. The second-order valence-electron chi connectivity index (χ2n) is 11.3. The molecule has 0 saturated carbocycles. The van der Waals surface area contributed by atoms with Gasteiger partial charge < -0.3 is 5.73 Å². The number of aromatic nitrogens is 2. The minimum absolute atomic E-state index is 0.00405. The van der Waals surface area contributed by atoms with E-state index in [0.717, 1.165) is 44.2 Å². The number of pyridine rings is 1. The lowest BCUT2D eigenvalue weighted by atomic mass is 9.94. The quantitative estimate of drug-likeness (QED) is 0.154. The smallest absolute Gasteiger partial charge is 0.172 e. The van der Waals surface area contributed by atoms with Gasteiger partial charge >= 0.3 is 0 Å². The molecule has 8 rings (SSSR count). The third kappa shape index (κ3) is 4.71. The van der Waals surface area contributed by atoms with Crippen LogP contribution in [0, 0.1) is 5.41 Å². The summed E-state index contributed by atoms with van der Waals surface area (Å²) in [5.41, 5.74) is 14.1. The topological polar surface area (TPSA) is 80.0 Å². The van der Waals surface area contributed by atoms with Crippen molar-refractivity contribution in [2.45, 2.75) is 0 Å². The summed E-state index contributed by atoms with van der Waals surface area (Å²) in [7, 11) is 0. The Balaban J connectivity index is 1.40. The Labute approximate surface area is 266 Å². The summed E-state index contributed by atoms with van der Waals surface area (Å²) in [5, 5.41) is 13.5. The molecule has 5 heteroatoms. The summed E-state index contributed by atoms with van der Waals surface area (Å²) >= 11 is 0. The van der Waals surface area contributed by atoms with Crippen LogP contribution in [0.4, 0.5) is 0 Å². The number of nitrogens with zero attached hydrogens (tertiary/aromatic N) is 3. The van der Waals surface area contributed by atoms with Gasteiger partial charge in [-0.2, -0.15) is 0 Å². The summed E-state index contributed by atoms with van der Waals surface area (Å²) in [5.74, 6) is 0.987. The molecular formula is C41H29N5. The molecule has 6 aromatic carbocycles. The zero-order chi connectivity index (χ0) is 31.0. The average Bonchev–Trinajstić information content (AvgIpc) is 3.46. The van der Waals surface area contributed by atoms with Crippen molar-refractivity contribution in [2.75, 3.05) is 0 Å². The van der Waals surface area contributed by atoms with Crippen LogP contribution in [0.1, 0.15) is 11.3 Å². The average molecular weight is 592 g/mol. The first kappa shape index (κ1) is 27.2. The fraction of sp³-hybridized carbons (Fsp3) is 0. The van der Waals surface area contributed by atoms with Gasteiger partial charge in [-0.1, -0.05) is 133 Å². The van der Waals surface area contributed by atoms with Crippen molar-refractivity contribution >= 4 is 44.2 Å². The molecule has 2 heterocycles. The van der Waals surface area contributed by atoms with Gasteiger partial charge in [0.05, 0.1) is 11.0 Å². The minimum Gasteiger partial charge on any atom is -0.383 e. The highest BCUT2D eigenvalue weighted by Crippen LogP contribution is 2.42.